The molecule has 3 rings (SSSR count). The number of carbonyl (C=O) groups excluding carboxylic acids is 1. The minimum absolute atomic E-state index is 0.0458. The number of hydrogen-bond acceptors (Lipinski definition) is 3. The predicted molar refractivity (Wildman–Crippen MR) is 82.3 cm³/mol. The Labute approximate surface area is 132 Å². The van der Waals surface area contributed by atoms with E-state index in [2.05, 4.69) is 15.9 Å². The van der Waals surface area contributed by atoms with E-state index in [0.717, 1.165) is 19.4 Å². The standard InChI is InChI=1S/C14H17BrN2O3S/c15-12-6-3-10(7-13(12)21(16,19)20)14(18)17(11-4-5-11)8-9-1-2-9/h3,6-7,9,11H,1-2,4-5,8H2,(H2,16,19,20). The number of amides is 1. The Hall–Kier alpha value is -0.920. The zero-order chi connectivity index (χ0) is 15.2. The summed E-state index contributed by atoms with van der Waals surface area (Å²) in [5.74, 6) is 0.518. The van der Waals surface area contributed by atoms with Crippen LogP contribution in [0.4, 0.5) is 0 Å². The van der Waals surface area contributed by atoms with Crippen LogP contribution in [0.15, 0.2) is 27.6 Å². The van der Waals surface area contributed by atoms with Crippen molar-refractivity contribution in [1.82, 2.24) is 4.90 Å². The van der Waals surface area contributed by atoms with Gasteiger partial charge in [-0.2, -0.15) is 0 Å². The molecule has 1 aromatic rings. The van der Waals surface area contributed by atoms with E-state index >= 15 is 0 Å². The molecule has 0 radical (unpaired) electrons. The van der Waals surface area contributed by atoms with E-state index in [0.29, 0.717) is 22.0 Å². The van der Waals surface area contributed by atoms with Crippen molar-refractivity contribution in [2.24, 2.45) is 11.1 Å². The second-order valence-electron chi connectivity index (χ2n) is 5.82. The lowest BCUT2D eigenvalue weighted by atomic mass is 10.2. The van der Waals surface area contributed by atoms with Crippen LogP contribution in [0.25, 0.3) is 0 Å². The fourth-order valence-corrected chi connectivity index (χ4v) is 3.94. The van der Waals surface area contributed by atoms with Crippen LogP contribution < -0.4 is 5.14 Å². The van der Waals surface area contributed by atoms with E-state index in [9.17, 15) is 13.2 Å². The zero-order valence-corrected chi connectivity index (χ0v) is 13.9. The molecule has 2 aliphatic carbocycles. The topological polar surface area (TPSA) is 80.5 Å². The van der Waals surface area contributed by atoms with Gasteiger partial charge in [0.05, 0.1) is 4.90 Å². The molecule has 0 aliphatic heterocycles. The van der Waals surface area contributed by atoms with E-state index in [1.54, 1.807) is 12.1 Å². The smallest absolute Gasteiger partial charge is 0.254 e. The van der Waals surface area contributed by atoms with Crippen LogP contribution in [-0.4, -0.2) is 31.8 Å². The fraction of sp³-hybridized carbons (Fsp3) is 0.500. The summed E-state index contributed by atoms with van der Waals surface area (Å²) >= 11 is 3.16. The maximum Gasteiger partial charge on any atom is 0.254 e. The molecule has 2 N–H and O–H groups in total. The van der Waals surface area contributed by atoms with Gasteiger partial charge >= 0.3 is 0 Å². The van der Waals surface area contributed by atoms with E-state index in [4.69, 9.17) is 5.14 Å². The highest BCUT2D eigenvalue weighted by Crippen LogP contribution is 2.36. The summed E-state index contributed by atoms with van der Waals surface area (Å²) < 4.78 is 23.5. The summed E-state index contributed by atoms with van der Waals surface area (Å²) in [6.07, 6.45) is 4.44. The summed E-state index contributed by atoms with van der Waals surface area (Å²) in [7, 11) is -3.85. The molecule has 1 amide bonds. The van der Waals surface area contributed by atoms with E-state index in [-0.39, 0.29) is 10.8 Å². The molecule has 0 spiro atoms. The number of hydrogen-bond donors (Lipinski definition) is 1. The SMILES string of the molecule is NS(=O)(=O)c1cc(C(=O)N(CC2CC2)C2CC2)ccc1Br. The van der Waals surface area contributed by atoms with Gasteiger partial charge in [-0.05, 0) is 65.7 Å². The Morgan fingerprint density at radius 3 is 2.48 bits per heavy atom. The number of benzene rings is 1. The van der Waals surface area contributed by atoms with Crippen LogP contribution in [0.3, 0.4) is 0 Å². The van der Waals surface area contributed by atoms with Crippen LogP contribution >= 0.6 is 15.9 Å². The first kappa shape index (κ1) is 15.0. The van der Waals surface area contributed by atoms with Crippen LogP contribution in [0.1, 0.15) is 36.0 Å². The van der Waals surface area contributed by atoms with Crippen LogP contribution in [-0.2, 0) is 10.0 Å². The molecule has 2 saturated carbocycles. The summed E-state index contributed by atoms with van der Waals surface area (Å²) in [4.78, 5) is 14.5. The van der Waals surface area contributed by atoms with Crippen molar-refractivity contribution in [3.63, 3.8) is 0 Å². The van der Waals surface area contributed by atoms with Gasteiger partial charge in [0, 0.05) is 22.6 Å². The Balaban J connectivity index is 1.89. The maximum atomic E-state index is 12.7. The van der Waals surface area contributed by atoms with Crippen molar-refractivity contribution in [3.8, 4) is 0 Å². The predicted octanol–water partition coefficient (Wildman–Crippen LogP) is 2.11. The first-order valence-corrected chi connectivity index (χ1v) is 9.33. The second kappa shape index (κ2) is 5.37. The van der Waals surface area contributed by atoms with Gasteiger partial charge in [-0.1, -0.05) is 0 Å². The number of rotatable bonds is 5. The molecule has 2 fully saturated rings. The fourth-order valence-electron chi connectivity index (χ4n) is 2.38. The second-order valence-corrected chi connectivity index (χ2v) is 8.21. The van der Waals surface area contributed by atoms with Gasteiger partial charge in [-0.3, -0.25) is 4.79 Å². The highest BCUT2D eigenvalue weighted by atomic mass is 79.9. The average Bonchev–Trinajstić information content (AvgIpc) is 3.26. The molecule has 0 unspecified atom stereocenters. The maximum absolute atomic E-state index is 12.7. The molecule has 7 heteroatoms. The minimum atomic E-state index is -3.85. The number of sulfonamides is 1. The lowest BCUT2D eigenvalue weighted by molar-refractivity contribution is 0.0734. The molecule has 21 heavy (non-hydrogen) atoms. The Morgan fingerprint density at radius 1 is 1.29 bits per heavy atom. The van der Waals surface area contributed by atoms with Gasteiger partial charge in [-0.15, -0.1) is 0 Å². The molecule has 1 aromatic carbocycles. The van der Waals surface area contributed by atoms with Gasteiger partial charge in [0.25, 0.3) is 5.91 Å². The monoisotopic (exact) mass is 372 g/mol. The van der Waals surface area contributed by atoms with Crippen LogP contribution in [0.2, 0.25) is 0 Å². The highest BCUT2D eigenvalue weighted by molar-refractivity contribution is 9.10. The van der Waals surface area contributed by atoms with E-state index in [1.165, 1.54) is 18.9 Å². The van der Waals surface area contributed by atoms with Crippen molar-refractivity contribution in [1.29, 1.82) is 0 Å². The third kappa shape index (κ3) is 3.46. The Kier molecular flexibility index (Phi) is 3.83. The summed E-state index contributed by atoms with van der Waals surface area (Å²) in [5, 5.41) is 5.18. The Morgan fingerprint density at radius 2 is 1.95 bits per heavy atom. The first-order valence-electron chi connectivity index (χ1n) is 6.99. The molecule has 114 valence electrons. The first-order chi connectivity index (χ1) is 9.86. The van der Waals surface area contributed by atoms with Crippen molar-refractivity contribution >= 4 is 31.9 Å². The van der Waals surface area contributed by atoms with E-state index in [1.807, 2.05) is 4.90 Å². The summed E-state index contributed by atoms with van der Waals surface area (Å²) in [6.45, 7) is 0.782. The number of carbonyl (C=O) groups is 1. The number of halogens is 1. The Bertz CT molecular complexity index is 681. The van der Waals surface area contributed by atoms with Crippen LogP contribution in [0.5, 0.6) is 0 Å². The molecule has 0 aromatic heterocycles. The largest absolute Gasteiger partial charge is 0.335 e. The molecule has 2 aliphatic rings. The van der Waals surface area contributed by atoms with Gasteiger partial charge in [0.15, 0.2) is 0 Å². The molecule has 0 heterocycles. The number of nitrogens with zero attached hydrogens (tertiary/aromatic N) is 1. The molecule has 0 atom stereocenters. The van der Waals surface area contributed by atoms with Crippen molar-refractivity contribution in [2.45, 2.75) is 36.6 Å². The minimum Gasteiger partial charge on any atom is -0.335 e. The van der Waals surface area contributed by atoms with Gasteiger partial charge < -0.3 is 4.90 Å². The van der Waals surface area contributed by atoms with Gasteiger partial charge in [0.2, 0.25) is 10.0 Å². The number of nitrogens with two attached hydrogens (primary N) is 1. The zero-order valence-electron chi connectivity index (χ0n) is 11.5. The van der Waals surface area contributed by atoms with Crippen LogP contribution in [0, 0.1) is 5.92 Å². The molecule has 0 saturated heterocycles. The molecular weight excluding hydrogens is 356 g/mol. The highest BCUT2D eigenvalue weighted by Gasteiger charge is 2.37. The average molecular weight is 373 g/mol. The summed E-state index contributed by atoms with van der Waals surface area (Å²) in [6, 6.07) is 4.89. The van der Waals surface area contributed by atoms with E-state index < -0.39 is 10.0 Å². The van der Waals surface area contributed by atoms with Gasteiger partial charge in [0.1, 0.15) is 0 Å². The number of primary sulfonamides is 1. The quantitative estimate of drug-likeness (QED) is 0.859. The molecular formula is C14H17BrN2O3S. The van der Waals surface area contributed by atoms with Crippen molar-refractivity contribution < 1.29 is 13.2 Å². The van der Waals surface area contributed by atoms with Gasteiger partial charge in [-0.25, -0.2) is 13.6 Å². The third-order valence-corrected chi connectivity index (χ3v) is 5.79. The summed E-state index contributed by atoms with van der Waals surface area (Å²) in [5.41, 5.74) is 0.384. The van der Waals surface area contributed by atoms with Crippen molar-refractivity contribution in [3.05, 3.63) is 28.2 Å². The van der Waals surface area contributed by atoms with Crippen molar-refractivity contribution in [2.75, 3.05) is 6.54 Å². The lowest BCUT2D eigenvalue weighted by Gasteiger charge is -2.22. The lowest BCUT2D eigenvalue weighted by Crippen LogP contribution is -2.35. The normalized spacial score (nSPS) is 18.6. The molecule has 5 nitrogen and oxygen atoms in total. The molecule has 0 bridgehead atoms. The third-order valence-electron chi connectivity index (χ3n) is 3.89.